The molecule has 2 atom stereocenters. The van der Waals surface area contributed by atoms with Crippen molar-refractivity contribution in [3.05, 3.63) is 0 Å². The average Bonchev–Trinajstić information content (AvgIpc) is 2.01. The first kappa shape index (κ1) is 10.9. The van der Waals surface area contributed by atoms with E-state index in [2.05, 4.69) is 0 Å². The Balaban J connectivity index is 4.10. The summed E-state index contributed by atoms with van der Waals surface area (Å²) in [6.07, 6.45) is 0.318. The van der Waals surface area contributed by atoms with Gasteiger partial charge in [-0.3, -0.25) is 0 Å². The second-order valence-corrected chi connectivity index (χ2v) is 3.76. The van der Waals surface area contributed by atoms with Gasteiger partial charge in [0.15, 0.2) is 0 Å². The van der Waals surface area contributed by atoms with Crippen LogP contribution in [-0.2, 0) is 0 Å². The largest absolute Gasteiger partial charge is 0.390 e. The Bertz CT molecular complexity index is 110. The summed E-state index contributed by atoms with van der Waals surface area (Å²) in [6, 6.07) is 0. The van der Waals surface area contributed by atoms with E-state index in [4.69, 9.17) is 0 Å². The first-order valence-corrected chi connectivity index (χ1v) is 4.31. The van der Waals surface area contributed by atoms with Gasteiger partial charge in [-0.05, 0) is 18.3 Å². The fourth-order valence-corrected chi connectivity index (χ4v) is 0.953. The van der Waals surface area contributed by atoms with Crippen LogP contribution in [0.3, 0.4) is 0 Å². The molecule has 0 saturated heterocycles. The van der Waals surface area contributed by atoms with Gasteiger partial charge in [0.2, 0.25) is 0 Å². The van der Waals surface area contributed by atoms with Gasteiger partial charge in [-0.1, -0.05) is 27.7 Å². The van der Waals surface area contributed by atoms with E-state index in [1.807, 2.05) is 27.7 Å². The van der Waals surface area contributed by atoms with Gasteiger partial charge in [0.25, 0.3) is 0 Å². The summed E-state index contributed by atoms with van der Waals surface area (Å²) < 4.78 is 0. The third-order valence-corrected chi connectivity index (χ3v) is 2.49. The van der Waals surface area contributed by atoms with Crippen molar-refractivity contribution in [1.82, 2.24) is 0 Å². The third kappa shape index (κ3) is 2.80. The third-order valence-electron chi connectivity index (χ3n) is 2.49. The minimum absolute atomic E-state index is 0.171. The molecule has 2 heteroatoms. The molecule has 0 aromatic heterocycles. The molecule has 2 N–H and O–H groups in total. The fraction of sp³-hybridized carbons (Fsp3) is 1.00. The van der Waals surface area contributed by atoms with Crippen molar-refractivity contribution in [3.8, 4) is 0 Å². The second-order valence-electron chi connectivity index (χ2n) is 3.76. The van der Waals surface area contributed by atoms with Crippen LogP contribution in [0.15, 0.2) is 0 Å². The zero-order valence-corrected chi connectivity index (χ0v) is 7.96. The van der Waals surface area contributed by atoms with Crippen LogP contribution in [0.4, 0.5) is 0 Å². The summed E-state index contributed by atoms with van der Waals surface area (Å²) in [6.45, 7) is 7.83. The molecule has 0 saturated carbocycles. The Morgan fingerprint density at radius 3 is 1.91 bits per heavy atom. The molecule has 0 fully saturated rings. The number of aliphatic hydroxyl groups excluding tert-OH is 2. The molecule has 0 radical (unpaired) electrons. The molecule has 0 aliphatic heterocycles. The molecule has 0 rings (SSSR count). The highest BCUT2D eigenvalue weighted by molar-refractivity contribution is 4.81. The Kier molecular flexibility index (Phi) is 4.04. The predicted molar refractivity (Wildman–Crippen MR) is 46.4 cm³/mol. The first-order chi connectivity index (χ1) is 4.95. The number of rotatable bonds is 4. The summed E-state index contributed by atoms with van der Waals surface area (Å²) >= 11 is 0. The Labute approximate surface area is 69.2 Å². The van der Waals surface area contributed by atoms with Gasteiger partial charge in [0, 0.05) is 0 Å². The van der Waals surface area contributed by atoms with E-state index in [0.29, 0.717) is 6.42 Å². The Morgan fingerprint density at radius 1 is 1.18 bits per heavy atom. The Morgan fingerprint density at radius 2 is 1.64 bits per heavy atom. The van der Waals surface area contributed by atoms with Crippen LogP contribution in [0.25, 0.3) is 0 Å². The lowest BCUT2D eigenvalue weighted by Gasteiger charge is -2.32. The quantitative estimate of drug-likeness (QED) is 0.655. The molecular weight excluding hydrogens is 140 g/mol. The SMILES string of the molecule is CCC(O)C(O)C(C)(C)CC. The van der Waals surface area contributed by atoms with Gasteiger partial charge in [0.1, 0.15) is 0 Å². The normalized spacial score (nSPS) is 18.0. The van der Waals surface area contributed by atoms with Crippen LogP contribution in [0.2, 0.25) is 0 Å². The van der Waals surface area contributed by atoms with E-state index in [1.54, 1.807) is 0 Å². The maximum atomic E-state index is 9.60. The second kappa shape index (κ2) is 4.07. The number of hydrogen-bond donors (Lipinski definition) is 2. The van der Waals surface area contributed by atoms with Crippen molar-refractivity contribution in [3.63, 3.8) is 0 Å². The minimum atomic E-state index is -0.600. The predicted octanol–water partition coefficient (Wildman–Crippen LogP) is 1.55. The summed E-state index contributed by atoms with van der Waals surface area (Å²) in [4.78, 5) is 0. The summed E-state index contributed by atoms with van der Waals surface area (Å²) in [5, 5.41) is 18.9. The van der Waals surface area contributed by atoms with Gasteiger partial charge >= 0.3 is 0 Å². The molecular formula is C9H20O2. The molecule has 0 amide bonds. The van der Waals surface area contributed by atoms with Gasteiger partial charge in [-0.2, -0.15) is 0 Å². The average molecular weight is 160 g/mol. The van der Waals surface area contributed by atoms with Crippen molar-refractivity contribution < 1.29 is 10.2 Å². The van der Waals surface area contributed by atoms with Gasteiger partial charge in [-0.15, -0.1) is 0 Å². The van der Waals surface area contributed by atoms with E-state index in [1.165, 1.54) is 0 Å². The van der Waals surface area contributed by atoms with Crippen molar-refractivity contribution in [1.29, 1.82) is 0 Å². The lowest BCUT2D eigenvalue weighted by atomic mass is 9.81. The zero-order valence-electron chi connectivity index (χ0n) is 7.96. The van der Waals surface area contributed by atoms with E-state index >= 15 is 0 Å². The van der Waals surface area contributed by atoms with Gasteiger partial charge < -0.3 is 10.2 Å². The van der Waals surface area contributed by atoms with E-state index < -0.39 is 12.2 Å². The number of hydrogen-bond acceptors (Lipinski definition) is 2. The zero-order chi connectivity index (χ0) is 9.07. The molecule has 11 heavy (non-hydrogen) atoms. The van der Waals surface area contributed by atoms with E-state index in [-0.39, 0.29) is 5.41 Å². The van der Waals surface area contributed by atoms with Crippen molar-refractivity contribution >= 4 is 0 Å². The fourth-order valence-electron chi connectivity index (χ4n) is 0.953. The lowest BCUT2D eigenvalue weighted by Crippen LogP contribution is -2.38. The van der Waals surface area contributed by atoms with Crippen LogP contribution in [0.1, 0.15) is 40.5 Å². The molecule has 0 bridgehead atoms. The summed E-state index contributed by atoms with van der Waals surface area (Å²) in [5.74, 6) is 0. The minimum Gasteiger partial charge on any atom is -0.390 e. The van der Waals surface area contributed by atoms with Crippen LogP contribution >= 0.6 is 0 Å². The molecule has 0 aromatic rings. The monoisotopic (exact) mass is 160 g/mol. The molecule has 2 unspecified atom stereocenters. The number of aliphatic hydroxyl groups is 2. The summed E-state index contributed by atoms with van der Waals surface area (Å²) in [7, 11) is 0. The van der Waals surface area contributed by atoms with Gasteiger partial charge in [0.05, 0.1) is 12.2 Å². The van der Waals surface area contributed by atoms with Crippen molar-refractivity contribution in [2.45, 2.75) is 52.7 Å². The van der Waals surface area contributed by atoms with Crippen LogP contribution in [-0.4, -0.2) is 22.4 Å². The van der Waals surface area contributed by atoms with E-state index in [9.17, 15) is 10.2 Å². The van der Waals surface area contributed by atoms with Crippen LogP contribution < -0.4 is 0 Å². The van der Waals surface area contributed by atoms with Crippen LogP contribution in [0.5, 0.6) is 0 Å². The molecule has 2 nitrogen and oxygen atoms in total. The highest BCUT2D eigenvalue weighted by atomic mass is 16.3. The topological polar surface area (TPSA) is 40.5 Å². The van der Waals surface area contributed by atoms with Crippen LogP contribution in [0, 0.1) is 5.41 Å². The van der Waals surface area contributed by atoms with Gasteiger partial charge in [-0.25, -0.2) is 0 Å². The molecule has 0 heterocycles. The lowest BCUT2D eigenvalue weighted by molar-refractivity contribution is -0.0537. The van der Waals surface area contributed by atoms with Crippen molar-refractivity contribution in [2.75, 3.05) is 0 Å². The first-order valence-electron chi connectivity index (χ1n) is 4.31. The Hall–Kier alpha value is -0.0800. The van der Waals surface area contributed by atoms with Crippen molar-refractivity contribution in [2.24, 2.45) is 5.41 Å². The highest BCUT2D eigenvalue weighted by Crippen LogP contribution is 2.27. The van der Waals surface area contributed by atoms with E-state index in [0.717, 1.165) is 6.42 Å². The molecule has 0 spiro atoms. The molecule has 0 aliphatic rings. The maximum Gasteiger partial charge on any atom is 0.0849 e. The maximum absolute atomic E-state index is 9.60. The molecule has 0 aromatic carbocycles. The smallest absolute Gasteiger partial charge is 0.0849 e. The summed E-state index contributed by atoms with van der Waals surface area (Å²) in [5.41, 5.74) is -0.171. The standard InChI is InChI=1S/C9H20O2/c1-5-7(10)8(11)9(3,4)6-2/h7-8,10-11H,5-6H2,1-4H3. The highest BCUT2D eigenvalue weighted by Gasteiger charge is 2.30. The molecule has 68 valence electrons. The molecule has 0 aliphatic carbocycles.